The summed E-state index contributed by atoms with van der Waals surface area (Å²) in [5, 5.41) is 18.9. The Labute approximate surface area is 111 Å². The minimum atomic E-state index is -0.214. The molecule has 0 aliphatic heterocycles. The molecule has 2 N–H and O–H groups in total. The molecule has 1 heterocycles. The van der Waals surface area contributed by atoms with Gasteiger partial charge in [-0.05, 0) is 36.6 Å². The van der Waals surface area contributed by atoms with E-state index in [1.165, 1.54) is 12.4 Å². The predicted octanol–water partition coefficient (Wildman–Crippen LogP) is 1.65. The van der Waals surface area contributed by atoms with Crippen LogP contribution < -0.4 is 5.32 Å². The normalized spacial score (nSPS) is 10.2. The number of carbonyl (C=O) groups is 1. The summed E-state index contributed by atoms with van der Waals surface area (Å²) in [7, 11) is 0. The zero-order chi connectivity index (χ0) is 13.5. The number of anilines is 1. The average Bonchev–Trinajstić information content (AvgIpc) is 2.46. The molecule has 5 heteroatoms. The van der Waals surface area contributed by atoms with Gasteiger partial charge in [-0.25, -0.2) is 0 Å². The highest BCUT2D eigenvalue weighted by Gasteiger charge is 2.06. The summed E-state index contributed by atoms with van der Waals surface area (Å²) >= 11 is 0. The number of carbonyl (C=O) groups excluding carboxylic acids is 1. The second-order valence-electron chi connectivity index (χ2n) is 4.11. The molecule has 0 fully saturated rings. The molecule has 98 valence electrons. The first-order valence-corrected chi connectivity index (χ1v) is 6.07. The second kappa shape index (κ2) is 6.61. The molecule has 2 rings (SSSR count). The minimum absolute atomic E-state index is 0.166. The van der Waals surface area contributed by atoms with Crippen LogP contribution in [0.25, 0.3) is 0 Å². The summed E-state index contributed by atoms with van der Waals surface area (Å²) in [5.74, 6) is -0.214. The van der Waals surface area contributed by atoms with Gasteiger partial charge in [-0.1, -0.05) is 12.1 Å². The molecule has 5 nitrogen and oxygen atoms in total. The van der Waals surface area contributed by atoms with Gasteiger partial charge in [-0.3, -0.25) is 4.79 Å². The third-order valence-corrected chi connectivity index (χ3v) is 2.65. The van der Waals surface area contributed by atoms with Crippen LogP contribution in [-0.4, -0.2) is 27.8 Å². The quantitative estimate of drug-likeness (QED) is 0.854. The molecule has 0 aliphatic carbocycles. The Bertz CT molecular complexity index is 543. The Balaban J connectivity index is 2.05. The predicted molar refractivity (Wildman–Crippen MR) is 71.8 cm³/mol. The number of aromatic nitrogens is 2. The number of aryl methyl sites for hydroxylation is 1. The maximum Gasteiger partial charge on any atom is 0.257 e. The van der Waals surface area contributed by atoms with Crippen molar-refractivity contribution < 1.29 is 9.90 Å². The van der Waals surface area contributed by atoms with E-state index in [1.807, 2.05) is 24.3 Å². The molecule has 1 aromatic heterocycles. The third kappa shape index (κ3) is 3.86. The van der Waals surface area contributed by atoms with E-state index in [1.54, 1.807) is 6.07 Å². The smallest absolute Gasteiger partial charge is 0.257 e. The molecule has 0 radical (unpaired) electrons. The van der Waals surface area contributed by atoms with Crippen LogP contribution in [0.4, 0.5) is 5.69 Å². The van der Waals surface area contributed by atoms with Gasteiger partial charge >= 0.3 is 0 Å². The second-order valence-corrected chi connectivity index (χ2v) is 4.11. The average molecular weight is 257 g/mol. The third-order valence-electron chi connectivity index (χ3n) is 2.65. The van der Waals surface area contributed by atoms with Crippen LogP contribution in [0.2, 0.25) is 0 Å². The van der Waals surface area contributed by atoms with Gasteiger partial charge in [0.25, 0.3) is 5.91 Å². The van der Waals surface area contributed by atoms with E-state index < -0.39 is 0 Å². The fourth-order valence-corrected chi connectivity index (χ4v) is 1.72. The van der Waals surface area contributed by atoms with Crippen LogP contribution in [0, 0.1) is 0 Å². The van der Waals surface area contributed by atoms with E-state index in [0.717, 1.165) is 17.7 Å². The molecule has 0 bridgehead atoms. The number of nitrogens with zero attached hydrogens (tertiary/aromatic N) is 2. The van der Waals surface area contributed by atoms with E-state index in [9.17, 15) is 4.79 Å². The lowest BCUT2D eigenvalue weighted by atomic mass is 10.1. The van der Waals surface area contributed by atoms with Crippen LogP contribution in [0.15, 0.2) is 42.7 Å². The molecule has 1 amide bonds. The number of benzene rings is 1. The summed E-state index contributed by atoms with van der Waals surface area (Å²) in [6.07, 6.45) is 4.40. The molecule has 0 spiro atoms. The topological polar surface area (TPSA) is 75.1 Å². The van der Waals surface area contributed by atoms with Gasteiger partial charge < -0.3 is 10.4 Å². The van der Waals surface area contributed by atoms with E-state index in [4.69, 9.17) is 5.11 Å². The first-order chi connectivity index (χ1) is 9.29. The summed E-state index contributed by atoms with van der Waals surface area (Å²) < 4.78 is 0. The largest absolute Gasteiger partial charge is 0.396 e. The standard InChI is InChI=1S/C14H15N3O2/c18-8-2-4-11-3-1-5-13(9-11)17-14(19)12-6-7-15-16-10-12/h1,3,5-7,9-10,18H,2,4,8H2,(H,17,19). The number of aliphatic hydroxyl groups is 1. The molecule has 19 heavy (non-hydrogen) atoms. The van der Waals surface area contributed by atoms with E-state index in [0.29, 0.717) is 12.0 Å². The van der Waals surface area contributed by atoms with Crippen molar-refractivity contribution in [3.63, 3.8) is 0 Å². The SMILES string of the molecule is O=C(Nc1cccc(CCCO)c1)c1ccnnc1. The Morgan fingerprint density at radius 2 is 2.16 bits per heavy atom. The van der Waals surface area contributed by atoms with Crippen LogP contribution >= 0.6 is 0 Å². The van der Waals surface area contributed by atoms with E-state index in [-0.39, 0.29) is 12.5 Å². The molecule has 0 aliphatic rings. The van der Waals surface area contributed by atoms with Crippen LogP contribution in [-0.2, 0) is 6.42 Å². The van der Waals surface area contributed by atoms with Gasteiger partial charge in [0.15, 0.2) is 0 Å². The first-order valence-electron chi connectivity index (χ1n) is 6.07. The molecule has 0 atom stereocenters. The van der Waals surface area contributed by atoms with Crippen molar-refractivity contribution in [3.8, 4) is 0 Å². The van der Waals surface area contributed by atoms with Crippen molar-refractivity contribution in [2.45, 2.75) is 12.8 Å². The van der Waals surface area contributed by atoms with Crippen LogP contribution in [0.5, 0.6) is 0 Å². The lowest BCUT2D eigenvalue weighted by Crippen LogP contribution is -2.12. The highest BCUT2D eigenvalue weighted by molar-refractivity contribution is 6.03. The lowest BCUT2D eigenvalue weighted by Gasteiger charge is -2.07. The number of aliphatic hydroxyl groups excluding tert-OH is 1. The Hall–Kier alpha value is -2.27. The van der Waals surface area contributed by atoms with E-state index >= 15 is 0 Å². The first kappa shape index (κ1) is 13.2. The number of amides is 1. The molecule has 0 saturated carbocycles. The van der Waals surface area contributed by atoms with E-state index in [2.05, 4.69) is 15.5 Å². The van der Waals surface area contributed by atoms with Gasteiger partial charge in [0.05, 0.1) is 18.0 Å². The van der Waals surface area contributed by atoms with Crippen molar-refractivity contribution in [1.82, 2.24) is 10.2 Å². The zero-order valence-corrected chi connectivity index (χ0v) is 10.4. The summed E-state index contributed by atoms with van der Waals surface area (Å²) in [4.78, 5) is 11.9. The maximum absolute atomic E-state index is 11.9. The summed E-state index contributed by atoms with van der Waals surface area (Å²) in [5.41, 5.74) is 2.28. The summed E-state index contributed by atoms with van der Waals surface area (Å²) in [6.45, 7) is 0.166. The van der Waals surface area contributed by atoms with Crippen molar-refractivity contribution in [1.29, 1.82) is 0 Å². The van der Waals surface area contributed by atoms with Crippen LogP contribution in [0.1, 0.15) is 22.3 Å². The molecule has 1 aromatic carbocycles. The Morgan fingerprint density at radius 1 is 1.26 bits per heavy atom. The molecular formula is C14H15N3O2. The lowest BCUT2D eigenvalue weighted by molar-refractivity contribution is 0.102. The highest BCUT2D eigenvalue weighted by atomic mass is 16.2. The molecule has 2 aromatic rings. The van der Waals surface area contributed by atoms with Gasteiger partial charge in [-0.2, -0.15) is 10.2 Å². The number of hydrogen-bond acceptors (Lipinski definition) is 4. The van der Waals surface area contributed by atoms with Crippen LogP contribution in [0.3, 0.4) is 0 Å². The maximum atomic E-state index is 11.9. The fraction of sp³-hybridized carbons (Fsp3) is 0.214. The van der Waals surface area contributed by atoms with Crippen molar-refractivity contribution in [2.75, 3.05) is 11.9 Å². The van der Waals surface area contributed by atoms with Crippen molar-refractivity contribution in [3.05, 3.63) is 53.9 Å². The Kier molecular flexibility index (Phi) is 4.58. The monoisotopic (exact) mass is 257 g/mol. The van der Waals surface area contributed by atoms with Gasteiger partial charge in [-0.15, -0.1) is 0 Å². The van der Waals surface area contributed by atoms with Crippen molar-refractivity contribution in [2.24, 2.45) is 0 Å². The molecule has 0 saturated heterocycles. The minimum Gasteiger partial charge on any atom is -0.396 e. The Morgan fingerprint density at radius 3 is 2.89 bits per heavy atom. The van der Waals surface area contributed by atoms with Gasteiger partial charge in [0.1, 0.15) is 0 Å². The zero-order valence-electron chi connectivity index (χ0n) is 10.4. The molecule has 0 unspecified atom stereocenters. The number of rotatable bonds is 5. The summed E-state index contributed by atoms with van der Waals surface area (Å²) in [6, 6.07) is 9.20. The number of hydrogen-bond donors (Lipinski definition) is 2. The van der Waals surface area contributed by atoms with Gasteiger partial charge in [0.2, 0.25) is 0 Å². The molecular weight excluding hydrogens is 242 g/mol. The highest BCUT2D eigenvalue weighted by Crippen LogP contribution is 2.13. The van der Waals surface area contributed by atoms with Crippen molar-refractivity contribution >= 4 is 11.6 Å². The number of nitrogens with one attached hydrogen (secondary N) is 1. The van der Waals surface area contributed by atoms with Gasteiger partial charge in [0, 0.05) is 12.3 Å². The fourth-order valence-electron chi connectivity index (χ4n) is 1.72.